The topological polar surface area (TPSA) is 33.1 Å². The number of hydrogen-bond donors (Lipinski definition) is 1. The highest BCUT2D eigenvalue weighted by molar-refractivity contribution is 5.72. The van der Waals surface area contributed by atoms with Gasteiger partial charge in [-0.05, 0) is 25.3 Å². The second-order valence-electron chi connectivity index (χ2n) is 3.20. The quantitative estimate of drug-likeness (QED) is 0.563. The molecule has 2 nitrogen and oxygen atoms in total. The summed E-state index contributed by atoms with van der Waals surface area (Å²) in [6, 6.07) is 10.3. The standard InChI is InChI=1S/C12H17NO/c1-2-14-12(13)10-6-9-11-7-4-3-5-8-11/h3-5,7-8,13H,2,6,9-10H2,1H3. The average Bonchev–Trinajstić information content (AvgIpc) is 2.20. The van der Waals surface area contributed by atoms with Crippen molar-refractivity contribution in [2.75, 3.05) is 6.61 Å². The van der Waals surface area contributed by atoms with Crippen LogP contribution in [0.1, 0.15) is 25.3 Å². The van der Waals surface area contributed by atoms with Crippen LogP contribution in [0.15, 0.2) is 30.3 Å². The Labute approximate surface area is 85.4 Å². The molecule has 1 aromatic carbocycles. The first-order valence-corrected chi connectivity index (χ1v) is 5.07. The zero-order valence-electron chi connectivity index (χ0n) is 8.62. The van der Waals surface area contributed by atoms with E-state index in [1.807, 2.05) is 25.1 Å². The third-order valence-corrected chi connectivity index (χ3v) is 2.03. The van der Waals surface area contributed by atoms with Crippen LogP contribution in [0.25, 0.3) is 0 Å². The van der Waals surface area contributed by atoms with E-state index in [9.17, 15) is 0 Å². The van der Waals surface area contributed by atoms with Crippen LogP contribution >= 0.6 is 0 Å². The van der Waals surface area contributed by atoms with Gasteiger partial charge in [-0.25, -0.2) is 0 Å². The van der Waals surface area contributed by atoms with E-state index < -0.39 is 0 Å². The number of aryl methyl sites for hydroxylation is 1. The Hall–Kier alpha value is -1.31. The molecule has 0 saturated heterocycles. The van der Waals surface area contributed by atoms with E-state index in [4.69, 9.17) is 10.1 Å². The van der Waals surface area contributed by atoms with Crippen molar-refractivity contribution in [3.63, 3.8) is 0 Å². The Kier molecular flexibility index (Phi) is 4.76. The van der Waals surface area contributed by atoms with Crippen LogP contribution in [-0.4, -0.2) is 12.5 Å². The highest BCUT2D eigenvalue weighted by Crippen LogP contribution is 2.05. The third-order valence-electron chi connectivity index (χ3n) is 2.03. The molecule has 1 aromatic rings. The second-order valence-corrected chi connectivity index (χ2v) is 3.20. The van der Waals surface area contributed by atoms with E-state index in [2.05, 4.69) is 12.1 Å². The first-order valence-electron chi connectivity index (χ1n) is 5.07. The van der Waals surface area contributed by atoms with E-state index in [-0.39, 0.29) is 0 Å². The highest BCUT2D eigenvalue weighted by atomic mass is 16.5. The maximum absolute atomic E-state index is 7.43. The number of ether oxygens (including phenoxy) is 1. The van der Waals surface area contributed by atoms with Crippen molar-refractivity contribution >= 4 is 5.90 Å². The maximum atomic E-state index is 7.43. The Morgan fingerprint density at radius 3 is 2.64 bits per heavy atom. The lowest BCUT2D eigenvalue weighted by atomic mass is 10.1. The van der Waals surface area contributed by atoms with Gasteiger partial charge in [0.25, 0.3) is 0 Å². The number of benzene rings is 1. The maximum Gasteiger partial charge on any atom is 0.180 e. The van der Waals surface area contributed by atoms with Crippen LogP contribution in [0.5, 0.6) is 0 Å². The predicted molar refractivity (Wildman–Crippen MR) is 58.7 cm³/mol. The summed E-state index contributed by atoms with van der Waals surface area (Å²) < 4.78 is 5.06. The van der Waals surface area contributed by atoms with Crippen LogP contribution in [0.4, 0.5) is 0 Å². The van der Waals surface area contributed by atoms with Crippen molar-refractivity contribution in [2.45, 2.75) is 26.2 Å². The molecule has 0 aromatic heterocycles. The molecule has 0 heterocycles. The third kappa shape index (κ3) is 4.08. The molecule has 0 fully saturated rings. The molecular weight excluding hydrogens is 174 g/mol. The van der Waals surface area contributed by atoms with Crippen molar-refractivity contribution in [3.05, 3.63) is 35.9 Å². The molecule has 0 aliphatic heterocycles. The SMILES string of the molecule is CCOC(=N)CCCc1ccccc1. The summed E-state index contributed by atoms with van der Waals surface area (Å²) in [5.74, 6) is 0.406. The first kappa shape index (κ1) is 10.8. The minimum Gasteiger partial charge on any atom is -0.481 e. The summed E-state index contributed by atoms with van der Waals surface area (Å²) in [6.45, 7) is 2.51. The van der Waals surface area contributed by atoms with Gasteiger partial charge in [-0.1, -0.05) is 30.3 Å². The van der Waals surface area contributed by atoms with Gasteiger partial charge in [0.2, 0.25) is 0 Å². The average molecular weight is 191 g/mol. The van der Waals surface area contributed by atoms with Gasteiger partial charge in [0, 0.05) is 6.42 Å². The van der Waals surface area contributed by atoms with Gasteiger partial charge in [-0.3, -0.25) is 5.41 Å². The van der Waals surface area contributed by atoms with E-state index in [1.165, 1.54) is 5.56 Å². The summed E-state index contributed by atoms with van der Waals surface area (Å²) >= 11 is 0. The molecule has 0 aliphatic carbocycles. The van der Waals surface area contributed by atoms with Crippen molar-refractivity contribution in [1.82, 2.24) is 0 Å². The lowest BCUT2D eigenvalue weighted by Gasteiger charge is -2.04. The summed E-state index contributed by atoms with van der Waals surface area (Å²) in [5, 5.41) is 7.43. The zero-order chi connectivity index (χ0) is 10.2. The van der Waals surface area contributed by atoms with Crippen molar-refractivity contribution in [1.29, 1.82) is 5.41 Å². The van der Waals surface area contributed by atoms with Crippen LogP contribution in [-0.2, 0) is 11.2 Å². The largest absolute Gasteiger partial charge is 0.481 e. The molecule has 0 saturated carbocycles. The van der Waals surface area contributed by atoms with Gasteiger partial charge in [0.05, 0.1) is 6.61 Å². The van der Waals surface area contributed by atoms with Gasteiger partial charge in [-0.15, -0.1) is 0 Å². The zero-order valence-corrected chi connectivity index (χ0v) is 8.62. The lowest BCUT2D eigenvalue weighted by molar-refractivity contribution is 0.313. The number of rotatable bonds is 5. The molecule has 0 unspecified atom stereocenters. The minimum atomic E-state index is 0.406. The molecule has 0 atom stereocenters. The molecule has 0 radical (unpaired) electrons. The first-order chi connectivity index (χ1) is 6.83. The van der Waals surface area contributed by atoms with Crippen LogP contribution in [0, 0.1) is 5.41 Å². The predicted octanol–water partition coefficient (Wildman–Crippen LogP) is 3.02. The molecule has 2 heteroatoms. The van der Waals surface area contributed by atoms with Crippen molar-refractivity contribution < 1.29 is 4.74 Å². The van der Waals surface area contributed by atoms with Crippen LogP contribution in [0.3, 0.4) is 0 Å². The van der Waals surface area contributed by atoms with Crippen molar-refractivity contribution in [2.24, 2.45) is 0 Å². The molecule has 76 valence electrons. The van der Waals surface area contributed by atoms with Gasteiger partial charge >= 0.3 is 0 Å². The monoisotopic (exact) mass is 191 g/mol. The molecule has 0 bridgehead atoms. The summed E-state index contributed by atoms with van der Waals surface area (Å²) in [5.41, 5.74) is 1.33. The van der Waals surface area contributed by atoms with Crippen LogP contribution < -0.4 is 0 Å². The molecule has 0 aliphatic rings. The van der Waals surface area contributed by atoms with E-state index >= 15 is 0 Å². The minimum absolute atomic E-state index is 0.406. The highest BCUT2D eigenvalue weighted by Gasteiger charge is 1.97. The van der Waals surface area contributed by atoms with Gasteiger partial charge in [0.1, 0.15) is 0 Å². The fourth-order valence-electron chi connectivity index (χ4n) is 1.34. The Balaban J connectivity index is 2.19. The molecule has 0 spiro atoms. The van der Waals surface area contributed by atoms with Gasteiger partial charge in [-0.2, -0.15) is 0 Å². The smallest absolute Gasteiger partial charge is 0.180 e. The number of hydrogen-bond acceptors (Lipinski definition) is 2. The fraction of sp³-hybridized carbons (Fsp3) is 0.417. The number of nitrogens with one attached hydrogen (secondary N) is 1. The van der Waals surface area contributed by atoms with Crippen molar-refractivity contribution in [3.8, 4) is 0 Å². The Morgan fingerprint density at radius 1 is 1.29 bits per heavy atom. The molecule has 1 rings (SSSR count). The Bertz CT molecular complexity index is 269. The second kappa shape index (κ2) is 6.19. The van der Waals surface area contributed by atoms with E-state index in [0.717, 1.165) is 19.3 Å². The van der Waals surface area contributed by atoms with E-state index in [1.54, 1.807) is 0 Å². The fourth-order valence-corrected chi connectivity index (χ4v) is 1.34. The molecule has 14 heavy (non-hydrogen) atoms. The van der Waals surface area contributed by atoms with Crippen LogP contribution in [0.2, 0.25) is 0 Å². The van der Waals surface area contributed by atoms with E-state index in [0.29, 0.717) is 12.5 Å². The molecule has 0 amide bonds. The summed E-state index contributed by atoms with van der Waals surface area (Å²) in [4.78, 5) is 0. The van der Waals surface area contributed by atoms with Gasteiger partial charge in [0.15, 0.2) is 5.90 Å². The Morgan fingerprint density at radius 2 is 2.00 bits per heavy atom. The summed E-state index contributed by atoms with van der Waals surface area (Å²) in [6.07, 6.45) is 2.75. The van der Waals surface area contributed by atoms with Gasteiger partial charge < -0.3 is 4.74 Å². The summed E-state index contributed by atoms with van der Waals surface area (Å²) in [7, 11) is 0. The normalized spacial score (nSPS) is 9.79. The molecular formula is C12H17NO. The molecule has 1 N–H and O–H groups in total. The lowest BCUT2D eigenvalue weighted by Crippen LogP contribution is -2.02.